The molecule has 0 radical (unpaired) electrons. The Kier molecular flexibility index (Phi) is 8.27. The number of ether oxygens (including phenoxy) is 1. The standard InChI is InChI=1S/C23H25N7O4S/c1-13(2)34-22(33)20-14(3)26-23(35-20)29-19(31)10-16(8-9-24)27-21(32)18-7-5-6-17(28-18)15-11-25-30(4)12-15/h5-7,11-13,16H,8,10H2,1-4H3,(H,27,32)(H,26,29,31)/t16-/m1/s1. The lowest BCUT2D eigenvalue weighted by Gasteiger charge is -2.15. The van der Waals surface area contributed by atoms with Crippen molar-refractivity contribution in [2.24, 2.45) is 7.05 Å². The first-order valence-electron chi connectivity index (χ1n) is 10.8. The van der Waals surface area contributed by atoms with Gasteiger partial charge in [-0.25, -0.2) is 14.8 Å². The summed E-state index contributed by atoms with van der Waals surface area (Å²) < 4.78 is 6.81. The van der Waals surface area contributed by atoms with Crippen LogP contribution in [0.25, 0.3) is 11.3 Å². The molecule has 3 aromatic rings. The van der Waals surface area contributed by atoms with E-state index in [1.165, 1.54) is 0 Å². The van der Waals surface area contributed by atoms with E-state index in [0.717, 1.165) is 16.9 Å². The number of amides is 2. The largest absolute Gasteiger partial charge is 0.459 e. The normalized spacial score (nSPS) is 11.5. The number of pyridine rings is 1. The molecule has 0 aromatic carbocycles. The monoisotopic (exact) mass is 495 g/mol. The molecule has 2 amide bonds. The van der Waals surface area contributed by atoms with Crippen LogP contribution in [0.3, 0.4) is 0 Å². The Balaban J connectivity index is 1.64. The van der Waals surface area contributed by atoms with Crippen LogP contribution in [-0.4, -0.2) is 49.7 Å². The maximum absolute atomic E-state index is 12.8. The Bertz CT molecular complexity index is 1270. The SMILES string of the molecule is Cc1nc(NC(=O)C[C@@H](CC#N)NC(=O)c2cccc(-c3cnn(C)c3)n2)sc1C(=O)OC(C)C. The number of carbonyl (C=O) groups is 3. The molecule has 0 spiro atoms. The molecule has 3 aromatic heterocycles. The summed E-state index contributed by atoms with van der Waals surface area (Å²) in [4.78, 5) is 46.4. The van der Waals surface area contributed by atoms with Crippen LogP contribution in [0.5, 0.6) is 0 Å². The summed E-state index contributed by atoms with van der Waals surface area (Å²) in [5, 5.41) is 18.8. The summed E-state index contributed by atoms with van der Waals surface area (Å²) in [7, 11) is 1.78. The van der Waals surface area contributed by atoms with Crippen molar-refractivity contribution in [1.29, 1.82) is 5.26 Å². The molecule has 0 saturated carbocycles. The minimum absolute atomic E-state index is 0.0791. The predicted octanol–water partition coefficient (Wildman–Crippen LogP) is 2.85. The van der Waals surface area contributed by atoms with Gasteiger partial charge in [-0.15, -0.1) is 0 Å². The number of aryl methyl sites for hydroxylation is 2. The number of hydrogen-bond acceptors (Lipinski definition) is 9. The summed E-state index contributed by atoms with van der Waals surface area (Å²) in [5.41, 5.74) is 1.92. The molecule has 182 valence electrons. The molecule has 12 heteroatoms. The fourth-order valence-corrected chi connectivity index (χ4v) is 3.99. The van der Waals surface area contributed by atoms with Gasteiger partial charge in [0.25, 0.3) is 5.91 Å². The number of carbonyl (C=O) groups excluding carboxylic acids is 3. The lowest BCUT2D eigenvalue weighted by molar-refractivity contribution is -0.116. The molecule has 0 saturated heterocycles. The molecule has 0 aliphatic carbocycles. The zero-order chi connectivity index (χ0) is 25.5. The van der Waals surface area contributed by atoms with E-state index in [4.69, 9.17) is 4.74 Å². The van der Waals surface area contributed by atoms with Gasteiger partial charge < -0.3 is 15.4 Å². The number of hydrogen-bond donors (Lipinski definition) is 2. The molecular formula is C23H25N7O4S. The number of nitrogens with one attached hydrogen (secondary N) is 2. The third-order valence-electron chi connectivity index (χ3n) is 4.66. The average Bonchev–Trinajstić information content (AvgIpc) is 3.38. The highest BCUT2D eigenvalue weighted by Gasteiger charge is 2.22. The molecule has 2 N–H and O–H groups in total. The molecule has 3 heterocycles. The molecule has 35 heavy (non-hydrogen) atoms. The third-order valence-corrected chi connectivity index (χ3v) is 5.71. The van der Waals surface area contributed by atoms with Crippen molar-refractivity contribution in [2.75, 3.05) is 5.32 Å². The van der Waals surface area contributed by atoms with Crippen molar-refractivity contribution in [2.45, 2.75) is 45.8 Å². The number of esters is 1. The van der Waals surface area contributed by atoms with Crippen LogP contribution in [0.2, 0.25) is 0 Å². The fourth-order valence-electron chi connectivity index (χ4n) is 3.12. The van der Waals surface area contributed by atoms with Crippen LogP contribution in [0.15, 0.2) is 30.6 Å². The maximum Gasteiger partial charge on any atom is 0.350 e. The average molecular weight is 496 g/mol. The van der Waals surface area contributed by atoms with Gasteiger partial charge in [-0.05, 0) is 32.9 Å². The van der Waals surface area contributed by atoms with Gasteiger partial charge >= 0.3 is 5.97 Å². The molecule has 0 aliphatic rings. The van der Waals surface area contributed by atoms with Crippen molar-refractivity contribution in [1.82, 2.24) is 25.1 Å². The Morgan fingerprint density at radius 2 is 2.03 bits per heavy atom. The van der Waals surface area contributed by atoms with Crippen molar-refractivity contribution < 1.29 is 19.1 Å². The lowest BCUT2D eigenvalue weighted by Crippen LogP contribution is -2.37. The van der Waals surface area contributed by atoms with Crippen LogP contribution in [0.4, 0.5) is 5.13 Å². The number of nitriles is 1. The van der Waals surface area contributed by atoms with Gasteiger partial charge in [-0.2, -0.15) is 10.4 Å². The Hall–Kier alpha value is -4.11. The zero-order valence-corrected chi connectivity index (χ0v) is 20.5. The Morgan fingerprint density at radius 3 is 2.69 bits per heavy atom. The molecule has 11 nitrogen and oxygen atoms in total. The molecule has 3 rings (SSSR count). The van der Waals surface area contributed by atoms with Crippen LogP contribution < -0.4 is 10.6 Å². The fraction of sp³-hybridized carbons (Fsp3) is 0.348. The van der Waals surface area contributed by atoms with Crippen molar-refractivity contribution in [3.05, 3.63) is 46.9 Å². The van der Waals surface area contributed by atoms with E-state index in [1.807, 2.05) is 6.07 Å². The van der Waals surface area contributed by atoms with Gasteiger partial charge in [0.2, 0.25) is 5.91 Å². The summed E-state index contributed by atoms with van der Waals surface area (Å²) in [5.74, 6) is -1.47. The molecule has 1 atom stereocenters. The second-order valence-corrected chi connectivity index (χ2v) is 8.98. The number of thiazole rings is 1. The smallest absolute Gasteiger partial charge is 0.350 e. The van der Waals surface area contributed by atoms with E-state index >= 15 is 0 Å². The highest BCUT2D eigenvalue weighted by atomic mass is 32.1. The molecule has 0 fully saturated rings. The van der Waals surface area contributed by atoms with Gasteiger partial charge in [0, 0.05) is 25.2 Å². The molecule has 0 aliphatic heterocycles. The summed E-state index contributed by atoms with van der Waals surface area (Å²) in [6, 6.07) is 6.24. The number of aromatic nitrogens is 4. The van der Waals surface area contributed by atoms with Gasteiger partial charge in [0.05, 0.1) is 42.2 Å². The van der Waals surface area contributed by atoms with Gasteiger partial charge in [-0.1, -0.05) is 17.4 Å². The lowest BCUT2D eigenvalue weighted by atomic mass is 10.1. The van der Waals surface area contributed by atoms with Crippen molar-refractivity contribution in [3.63, 3.8) is 0 Å². The third kappa shape index (κ3) is 6.94. The van der Waals surface area contributed by atoms with E-state index in [1.54, 1.807) is 63.1 Å². The van der Waals surface area contributed by atoms with Gasteiger partial charge in [0.1, 0.15) is 10.6 Å². The summed E-state index contributed by atoms with van der Waals surface area (Å²) in [6.07, 6.45) is 2.90. The van der Waals surface area contributed by atoms with Crippen LogP contribution >= 0.6 is 11.3 Å². The Morgan fingerprint density at radius 1 is 1.26 bits per heavy atom. The van der Waals surface area contributed by atoms with E-state index in [2.05, 4.69) is 25.7 Å². The van der Waals surface area contributed by atoms with E-state index in [-0.39, 0.29) is 29.8 Å². The first-order chi connectivity index (χ1) is 16.7. The first kappa shape index (κ1) is 25.5. The molecular weight excluding hydrogens is 470 g/mol. The molecule has 0 unspecified atom stereocenters. The summed E-state index contributed by atoms with van der Waals surface area (Å²) >= 11 is 1.00. The molecule has 0 bridgehead atoms. The minimum atomic E-state index is -0.747. The van der Waals surface area contributed by atoms with Gasteiger partial charge in [-0.3, -0.25) is 14.3 Å². The number of nitrogens with zero attached hydrogens (tertiary/aromatic N) is 5. The second kappa shape index (κ2) is 11.3. The first-order valence-corrected chi connectivity index (χ1v) is 11.6. The highest BCUT2D eigenvalue weighted by Crippen LogP contribution is 2.24. The van der Waals surface area contributed by atoms with Crippen molar-refractivity contribution >= 4 is 34.3 Å². The van der Waals surface area contributed by atoms with Crippen LogP contribution in [0, 0.1) is 18.3 Å². The Labute approximate surface area is 206 Å². The van der Waals surface area contributed by atoms with Crippen LogP contribution in [0.1, 0.15) is 52.5 Å². The quantitative estimate of drug-likeness (QED) is 0.430. The van der Waals surface area contributed by atoms with E-state index < -0.39 is 23.8 Å². The number of anilines is 1. The van der Waals surface area contributed by atoms with Crippen molar-refractivity contribution in [3.8, 4) is 17.3 Å². The van der Waals surface area contributed by atoms with E-state index in [0.29, 0.717) is 16.3 Å². The van der Waals surface area contributed by atoms with Crippen LogP contribution in [-0.2, 0) is 16.6 Å². The highest BCUT2D eigenvalue weighted by molar-refractivity contribution is 7.17. The second-order valence-electron chi connectivity index (χ2n) is 7.98. The maximum atomic E-state index is 12.8. The van der Waals surface area contributed by atoms with E-state index in [9.17, 15) is 19.6 Å². The zero-order valence-electron chi connectivity index (χ0n) is 19.7. The predicted molar refractivity (Wildman–Crippen MR) is 129 cm³/mol. The minimum Gasteiger partial charge on any atom is -0.459 e. The summed E-state index contributed by atoms with van der Waals surface area (Å²) in [6.45, 7) is 5.13. The topological polar surface area (TPSA) is 152 Å². The van der Waals surface area contributed by atoms with Gasteiger partial charge in [0.15, 0.2) is 5.13 Å². The number of rotatable bonds is 9.